The second kappa shape index (κ2) is 5.90. The third kappa shape index (κ3) is 3.47. The molecule has 0 spiro atoms. The van der Waals surface area contributed by atoms with Gasteiger partial charge in [-0.15, -0.1) is 0 Å². The fourth-order valence-electron chi connectivity index (χ4n) is 2.54. The van der Waals surface area contributed by atoms with Crippen LogP contribution in [0.5, 0.6) is 0 Å². The number of unbranched alkanes of at least 4 members (excludes halogenated alkanes) is 1. The van der Waals surface area contributed by atoms with Gasteiger partial charge in [0.05, 0.1) is 5.54 Å². The Morgan fingerprint density at radius 1 is 1.32 bits per heavy atom. The highest BCUT2D eigenvalue weighted by Gasteiger charge is 2.48. The first kappa shape index (κ1) is 14.3. The van der Waals surface area contributed by atoms with Crippen LogP contribution in [0.1, 0.15) is 45.4 Å². The van der Waals surface area contributed by atoms with Crippen molar-refractivity contribution in [2.45, 2.75) is 51.0 Å². The van der Waals surface area contributed by atoms with Gasteiger partial charge in [0.1, 0.15) is 0 Å². The van der Waals surface area contributed by atoms with Gasteiger partial charge in [-0.25, -0.2) is 0 Å². The molecular weight excluding hydrogens is 242 g/mol. The summed E-state index contributed by atoms with van der Waals surface area (Å²) in [5, 5.41) is 2.97. The number of likely N-dealkylation sites (tertiary alicyclic amines) is 1. The molecular formula is C14H25N3O2. The minimum Gasteiger partial charge on any atom is -0.356 e. The van der Waals surface area contributed by atoms with E-state index in [0.29, 0.717) is 13.1 Å². The van der Waals surface area contributed by atoms with Crippen molar-refractivity contribution in [3.8, 4) is 0 Å². The third-order valence-electron chi connectivity index (χ3n) is 4.20. The van der Waals surface area contributed by atoms with E-state index in [-0.39, 0.29) is 17.7 Å². The zero-order valence-electron chi connectivity index (χ0n) is 11.8. The average molecular weight is 267 g/mol. The van der Waals surface area contributed by atoms with Crippen LogP contribution in [0.4, 0.5) is 0 Å². The van der Waals surface area contributed by atoms with E-state index < -0.39 is 5.54 Å². The van der Waals surface area contributed by atoms with Crippen LogP contribution < -0.4 is 11.1 Å². The van der Waals surface area contributed by atoms with Crippen LogP contribution in [0.2, 0.25) is 0 Å². The van der Waals surface area contributed by atoms with Gasteiger partial charge in [0.15, 0.2) is 0 Å². The fourth-order valence-corrected chi connectivity index (χ4v) is 2.54. The maximum Gasteiger partial charge on any atom is 0.242 e. The van der Waals surface area contributed by atoms with Crippen LogP contribution in [0.3, 0.4) is 0 Å². The molecule has 2 fully saturated rings. The van der Waals surface area contributed by atoms with Crippen LogP contribution >= 0.6 is 0 Å². The van der Waals surface area contributed by atoms with Gasteiger partial charge in [0.2, 0.25) is 11.8 Å². The van der Waals surface area contributed by atoms with Crippen molar-refractivity contribution in [2.24, 2.45) is 11.7 Å². The van der Waals surface area contributed by atoms with Gasteiger partial charge >= 0.3 is 0 Å². The van der Waals surface area contributed by atoms with Gasteiger partial charge in [-0.2, -0.15) is 0 Å². The van der Waals surface area contributed by atoms with Crippen molar-refractivity contribution in [1.29, 1.82) is 0 Å². The van der Waals surface area contributed by atoms with E-state index >= 15 is 0 Å². The van der Waals surface area contributed by atoms with Crippen LogP contribution in [0.25, 0.3) is 0 Å². The first-order valence-electron chi connectivity index (χ1n) is 7.43. The highest BCUT2D eigenvalue weighted by atomic mass is 16.2. The summed E-state index contributed by atoms with van der Waals surface area (Å²) in [6.45, 7) is 4.21. The number of carbonyl (C=O) groups excluding carboxylic acids is 2. The summed E-state index contributed by atoms with van der Waals surface area (Å²) in [5.41, 5.74) is 5.35. The minimum absolute atomic E-state index is 0.0637. The van der Waals surface area contributed by atoms with Gasteiger partial charge in [-0.05, 0) is 32.1 Å². The molecule has 0 bridgehead atoms. The van der Waals surface area contributed by atoms with E-state index in [0.717, 1.165) is 45.1 Å². The van der Waals surface area contributed by atoms with E-state index in [1.54, 1.807) is 0 Å². The number of carbonyl (C=O) groups is 2. The summed E-state index contributed by atoms with van der Waals surface area (Å²) in [7, 11) is 0. The Morgan fingerprint density at radius 3 is 2.47 bits per heavy atom. The van der Waals surface area contributed by atoms with Gasteiger partial charge in [0, 0.05) is 25.6 Å². The molecule has 2 rings (SSSR count). The van der Waals surface area contributed by atoms with Crippen LogP contribution in [0.15, 0.2) is 0 Å². The van der Waals surface area contributed by atoms with Crippen LogP contribution in [0, 0.1) is 5.92 Å². The van der Waals surface area contributed by atoms with Crippen LogP contribution in [-0.4, -0.2) is 41.9 Å². The second-order valence-corrected chi connectivity index (χ2v) is 5.87. The summed E-state index contributed by atoms with van der Waals surface area (Å²) in [6, 6.07) is 0. The Morgan fingerprint density at radius 2 is 1.95 bits per heavy atom. The van der Waals surface area contributed by atoms with Gasteiger partial charge in [0.25, 0.3) is 0 Å². The number of nitrogens with zero attached hydrogens (tertiary/aromatic N) is 1. The predicted octanol–water partition coefficient (Wildman–Crippen LogP) is 0.633. The van der Waals surface area contributed by atoms with E-state index in [1.165, 1.54) is 0 Å². The van der Waals surface area contributed by atoms with Gasteiger partial charge in [-0.1, -0.05) is 13.3 Å². The molecule has 1 aliphatic heterocycles. The minimum atomic E-state index is -0.573. The molecule has 0 aromatic heterocycles. The normalized spacial score (nSPS) is 22.1. The summed E-state index contributed by atoms with van der Waals surface area (Å²) in [5.74, 6) is 0.292. The smallest absolute Gasteiger partial charge is 0.242 e. The van der Waals surface area contributed by atoms with E-state index in [2.05, 4.69) is 12.2 Å². The van der Waals surface area contributed by atoms with Crippen molar-refractivity contribution in [3.05, 3.63) is 0 Å². The maximum absolute atomic E-state index is 12.1. The molecule has 1 aliphatic carbocycles. The summed E-state index contributed by atoms with van der Waals surface area (Å²) in [4.78, 5) is 25.8. The Balaban J connectivity index is 1.73. The first-order chi connectivity index (χ1) is 9.07. The molecule has 2 amide bonds. The van der Waals surface area contributed by atoms with Crippen molar-refractivity contribution in [2.75, 3.05) is 19.6 Å². The fraction of sp³-hybridized carbons (Fsp3) is 0.857. The monoisotopic (exact) mass is 267 g/mol. The molecule has 19 heavy (non-hydrogen) atoms. The summed E-state index contributed by atoms with van der Waals surface area (Å²) >= 11 is 0. The quantitative estimate of drug-likeness (QED) is 0.718. The van der Waals surface area contributed by atoms with E-state index in [1.807, 2.05) is 4.90 Å². The Kier molecular flexibility index (Phi) is 4.45. The zero-order chi connectivity index (χ0) is 13.9. The van der Waals surface area contributed by atoms with Crippen LogP contribution in [-0.2, 0) is 9.59 Å². The number of amides is 2. The molecule has 1 saturated heterocycles. The Labute approximate surface area is 114 Å². The lowest BCUT2D eigenvalue weighted by Crippen LogP contribution is -2.50. The van der Waals surface area contributed by atoms with Gasteiger partial charge in [-0.3, -0.25) is 9.59 Å². The number of nitrogens with two attached hydrogens (primary N) is 1. The van der Waals surface area contributed by atoms with E-state index in [9.17, 15) is 9.59 Å². The number of hydrogen-bond acceptors (Lipinski definition) is 3. The molecule has 3 N–H and O–H groups in total. The first-order valence-corrected chi connectivity index (χ1v) is 7.43. The SMILES string of the molecule is CCCCNC(=O)C1CCN(C(=O)C2(N)CC2)CC1. The molecule has 5 nitrogen and oxygen atoms in total. The lowest BCUT2D eigenvalue weighted by atomic mass is 9.95. The molecule has 2 aliphatic rings. The largest absolute Gasteiger partial charge is 0.356 e. The van der Waals surface area contributed by atoms with Gasteiger partial charge < -0.3 is 16.0 Å². The summed E-state index contributed by atoms with van der Waals surface area (Å²) < 4.78 is 0. The van der Waals surface area contributed by atoms with Crippen molar-refractivity contribution in [3.63, 3.8) is 0 Å². The maximum atomic E-state index is 12.1. The summed E-state index contributed by atoms with van der Waals surface area (Å²) in [6.07, 6.45) is 5.26. The molecule has 0 aromatic rings. The molecule has 1 heterocycles. The molecule has 108 valence electrons. The van der Waals surface area contributed by atoms with Crippen molar-refractivity contribution < 1.29 is 9.59 Å². The standard InChI is InChI=1S/C14H25N3O2/c1-2-3-8-16-12(18)11-4-9-17(10-5-11)13(19)14(15)6-7-14/h11H,2-10,15H2,1H3,(H,16,18). The highest BCUT2D eigenvalue weighted by Crippen LogP contribution is 2.35. The molecule has 0 radical (unpaired) electrons. The van der Waals surface area contributed by atoms with Crippen molar-refractivity contribution >= 4 is 11.8 Å². The number of piperidine rings is 1. The molecule has 0 unspecified atom stereocenters. The molecule has 1 saturated carbocycles. The zero-order valence-corrected chi connectivity index (χ0v) is 11.8. The topological polar surface area (TPSA) is 75.4 Å². The Hall–Kier alpha value is -1.10. The lowest BCUT2D eigenvalue weighted by Gasteiger charge is -2.33. The Bertz CT molecular complexity index is 345. The second-order valence-electron chi connectivity index (χ2n) is 5.87. The van der Waals surface area contributed by atoms with E-state index in [4.69, 9.17) is 5.73 Å². The molecule has 0 atom stereocenters. The number of hydrogen-bond donors (Lipinski definition) is 2. The molecule has 0 aromatic carbocycles. The highest BCUT2D eigenvalue weighted by molar-refractivity contribution is 5.89. The lowest BCUT2D eigenvalue weighted by molar-refractivity contribution is -0.137. The predicted molar refractivity (Wildman–Crippen MR) is 73.4 cm³/mol. The average Bonchev–Trinajstić information content (AvgIpc) is 3.17. The third-order valence-corrected chi connectivity index (χ3v) is 4.20. The molecule has 5 heteroatoms. The van der Waals surface area contributed by atoms with Crippen molar-refractivity contribution in [1.82, 2.24) is 10.2 Å². The number of rotatable bonds is 5. The number of nitrogens with one attached hydrogen (secondary N) is 1.